The van der Waals surface area contributed by atoms with Crippen molar-refractivity contribution < 1.29 is 13.9 Å². The molecule has 0 aliphatic heterocycles. The van der Waals surface area contributed by atoms with E-state index in [9.17, 15) is 4.39 Å². The van der Waals surface area contributed by atoms with E-state index in [1.807, 2.05) is 38.1 Å². The van der Waals surface area contributed by atoms with Crippen LogP contribution >= 0.6 is 12.6 Å². The maximum atomic E-state index is 13.7. The first-order chi connectivity index (χ1) is 10.6. The second-order valence-corrected chi connectivity index (χ2v) is 5.05. The molecule has 1 aromatic heterocycles. The van der Waals surface area contributed by atoms with Crippen molar-refractivity contribution in [3.05, 3.63) is 47.4 Å². The van der Waals surface area contributed by atoms with Crippen molar-refractivity contribution in [2.75, 3.05) is 11.9 Å². The van der Waals surface area contributed by atoms with Crippen molar-refractivity contribution in [1.29, 1.82) is 0 Å². The van der Waals surface area contributed by atoms with Crippen LogP contribution in [0.3, 0.4) is 0 Å². The van der Waals surface area contributed by atoms with Crippen LogP contribution in [0.15, 0.2) is 30.5 Å². The minimum absolute atomic E-state index is 0.0114. The summed E-state index contributed by atoms with van der Waals surface area (Å²) in [7, 11) is 0. The average molecular weight is 323 g/mol. The van der Waals surface area contributed by atoms with Crippen LogP contribution in [0.1, 0.15) is 18.1 Å². The number of hydrogen-bond donors (Lipinski definition) is 2. The average Bonchev–Trinajstić information content (AvgIpc) is 2.48. The number of thiol groups is 1. The van der Waals surface area contributed by atoms with Gasteiger partial charge in [-0.2, -0.15) is 4.98 Å². The number of aromatic nitrogens is 2. The predicted octanol–water partition coefficient (Wildman–Crippen LogP) is 3.16. The van der Waals surface area contributed by atoms with Gasteiger partial charge in [-0.05, 0) is 19.4 Å². The van der Waals surface area contributed by atoms with Crippen molar-refractivity contribution in [1.82, 2.24) is 9.97 Å². The number of rotatable bonds is 7. The van der Waals surface area contributed by atoms with Gasteiger partial charge in [0.2, 0.25) is 0 Å². The van der Waals surface area contributed by atoms with E-state index in [2.05, 4.69) is 27.9 Å². The predicted molar refractivity (Wildman–Crippen MR) is 85.5 cm³/mol. The number of ether oxygens (including phenoxy) is 2. The number of benzene rings is 1. The van der Waals surface area contributed by atoms with Crippen LogP contribution in [0.25, 0.3) is 0 Å². The molecule has 0 saturated carbocycles. The highest BCUT2D eigenvalue weighted by atomic mass is 32.1. The summed E-state index contributed by atoms with van der Waals surface area (Å²) in [5.41, 5.74) is 1.47. The fraction of sp³-hybridized carbons (Fsp3) is 0.333. The minimum Gasteiger partial charge on any atom is -0.459 e. The molecule has 0 aliphatic carbocycles. The maximum Gasteiger partial charge on any atom is 0.318 e. The lowest BCUT2D eigenvalue weighted by atomic mass is 10.1. The zero-order valence-electron chi connectivity index (χ0n) is 12.4. The van der Waals surface area contributed by atoms with E-state index in [1.54, 1.807) is 0 Å². The summed E-state index contributed by atoms with van der Waals surface area (Å²) in [6.45, 7) is 4.57. The SMILES string of the molecule is CCOC(S)Nc1nc(OCc2cccc(C)c2)ncc1F. The Morgan fingerprint density at radius 2 is 2.23 bits per heavy atom. The Balaban J connectivity index is 2.02. The molecule has 5 nitrogen and oxygen atoms in total. The monoisotopic (exact) mass is 323 g/mol. The molecule has 1 aromatic carbocycles. The first-order valence-electron chi connectivity index (χ1n) is 6.85. The highest BCUT2D eigenvalue weighted by Crippen LogP contribution is 2.16. The van der Waals surface area contributed by atoms with Gasteiger partial charge < -0.3 is 14.8 Å². The molecular weight excluding hydrogens is 305 g/mol. The van der Waals surface area contributed by atoms with Gasteiger partial charge in [0.1, 0.15) is 6.61 Å². The summed E-state index contributed by atoms with van der Waals surface area (Å²) in [5.74, 6) is -0.607. The lowest BCUT2D eigenvalue weighted by Crippen LogP contribution is -2.18. The van der Waals surface area contributed by atoms with Crippen LogP contribution in [0.5, 0.6) is 6.01 Å². The summed E-state index contributed by atoms with van der Waals surface area (Å²) in [5, 5.41) is 2.69. The molecule has 2 aromatic rings. The Morgan fingerprint density at radius 3 is 2.95 bits per heavy atom. The zero-order valence-corrected chi connectivity index (χ0v) is 13.3. The number of nitrogens with one attached hydrogen (secondary N) is 1. The molecule has 2 rings (SSSR count). The smallest absolute Gasteiger partial charge is 0.318 e. The van der Waals surface area contributed by atoms with Crippen LogP contribution < -0.4 is 10.1 Å². The van der Waals surface area contributed by atoms with Crippen LogP contribution in [0, 0.1) is 12.7 Å². The quantitative estimate of drug-likeness (QED) is 0.605. The molecule has 0 amide bonds. The molecule has 1 heterocycles. The summed E-state index contributed by atoms with van der Waals surface area (Å²) in [4.78, 5) is 7.80. The Hall–Kier alpha value is -1.86. The number of nitrogens with zero attached hydrogens (tertiary/aromatic N) is 2. The van der Waals surface area contributed by atoms with Crippen molar-refractivity contribution in [2.24, 2.45) is 0 Å². The Labute approximate surface area is 134 Å². The number of aryl methyl sites for hydroxylation is 1. The molecule has 1 N–H and O–H groups in total. The summed E-state index contributed by atoms with van der Waals surface area (Å²) >= 11 is 4.12. The molecule has 0 fully saturated rings. The summed E-state index contributed by atoms with van der Waals surface area (Å²) in [6.07, 6.45) is 1.05. The third kappa shape index (κ3) is 4.85. The second kappa shape index (κ2) is 7.95. The van der Waals surface area contributed by atoms with Crippen molar-refractivity contribution in [2.45, 2.75) is 26.0 Å². The first-order valence-corrected chi connectivity index (χ1v) is 7.37. The van der Waals surface area contributed by atoms with Gasteiger partial charge in [-0.25, -0.2) is 9.37 Å². The number of halogens is 1. The van der Waals surface area contributed by atoms with E-state index >= 15 is 0 Å². The molecule has 1 unspecified atom stereocenters. The highest BCUT2D eigenvalue weighted by Gasteiger charge is 2.11. The Bertz CT molecular complexity index is 627. The molecule has 0 spiro atoms. The number of anilines is 1. The standard InChI is InChI=1S/C15H18FN3O2S/c1-3-20-15(22)19-13-12(16)8-17-14(18-13)21-9-11-6-4-5-10(2)7-11/h4-8,15,22H,3,9H2,1-2H3,(H,17,18,19). The fourth-order valence-corrected chi connectivity index (χ4v) is 2.06. The van der Waals surface area contributed by atoms with Gasteiger partial charge in [-0.3, -0.25) is 0 Å². The molecule has 0 radical (unpaired) electrons. The van der Waals surface area contributed by atoms with Crippen LogP contribution in [-0.4, -0.2) is 22.1 Å². The van der Waals surface area contributed by atoms with Gasteiger partial charge in [-0.1, -0.05) is 29.8 Å². The molecule has 22 heavy (non-hydrogen) atoms. The third-order valence-corrected chi connectivity index (χ3v) is 3.04. The molecule has 0 aliphatic rings. The van der Waals surface area contributed by atoms with Gasteiger partial charge in [0.05, 0.1) is 6.20 Å². The van der Waals surface area contributed by atoms with Crippen molar-refractivity contribution in [3.8, 4) is 6.01 Å². The second-order valence-electron chi connectivity index (χ2n) is 4.58. The van der Waals surface area contributed by atoms with E-state index < -0.39 is 11.4 Å². The topological polar surface area (TPSA) is 56.3 Å². The summed E-state index contributed by atoms with van der Waals surface area (Å²) < 4.78 is 24.3. The Morgan fingerprint density at radius 1 is 1.41 bits per heavy atom. The van der Waals surface area contributed by atoms with Gasteiger partial charge in [0.25, 0.3) is 0 Å². The maximum absolute atomic E-state index is 13.7. The van der Waals surface area contributed by atoms with Crippen molar-refractivity contribution >= 4 is 18.4 Å². The van der Waals surface area contributed by atoms with Gasteiger partial charge >= 0.3 is 6.01 Å². The number of hydrogen-bond acceptors (Lipinski definition) is 6. The largest absolute Gasteiger partial charge is 0.459 e. The molecule has 0 saturated heterocycles. The normalized spacial score (nSPS) is 12.0. The molecule has 118 valence electrons. The van der Waals surface area contributed by atoms with Crippen LogP contribution in [0.4, 0.5) is 10.2 Å². The van der Waals surface area contributed by atoms with Crippen molar-refractivity contribution in [3.63, 3.8) is 0 Å². The molecular formula is C15H18FN3O2S. The zero-order chi connectivity index (χ0) is 15.9. The first kappa shape index (κ1) is 16.5. The molecule has 7 heteroatoms. The minimum atomic E-state index is -0.654. The van der Waals surface area contributed by atoms with E-state index in [1.165, 1.54) is 0 Å². The van der Waals surface area contributed by atoms with Gasteiger partial charge in [0.15, 0.2) is 17.2 Å². The van der Waals surface area contributed by atoms with E-state index in [0.29, 0.717) is 13.2 Å². The molecule has 1 atom stereocenters. The third-order valence-electron chi connectivity index (χ3n) is 2.76. The van der Waals surface area contributed by atoms with Crippen LogP contribution in [-0.2, 0) is 11.3 Å². The van der Waals surface area contributed by atoms with Crippen LogP contribution in [0.2, 0.25) is 0 Å². The molecule has 0 bridgehead atoms. The van der Waals surface area contributed by atoms with E-state index in [-0.39, 0.29) is 11.8 Å². The lowest BCUT2D eigenvalue weighted by molar-refractivity contribution is 0.143. The van der Waals surface area contributed by atoms with E-state index in [0.717, 1.165) is 17.3 Å². The van der Waals surface area contributed by atoms with Gasteiger partial charge in [-0.15, -0.1) is 12.6 Å². The van der Waals surface area contributed by atoms with E-state index in [4.69, 9.17) is 9.47 Å². The highest BCUT2D eigenvalue weighted by molar-refractivity contribution is 7.80. The Kier molecular flexibility index (Phi) is 5.97. The summed E-state index contributed by atoms with van der Waals surface area (Å²) in [6, 6.07) is 7.97. The fourth-order valence-electron chi connectivity index (χ4n) is 1.79. The lowest BCUT2D eigenvalue weighted by Gasteiger charge is -2.14. The van der Waals surface area contributed by atoms with Gasteiger partial charge in [0, 0.05) is 6.61 Å².